The number of thioether (sulfide) groups is 1. The van der Waals surface area contributed by atoms with Crippen molar-refractivity contribution >= 4 is 32.7 Å². The first kappa shape index (κ1) is 10.3. The van der Waals surface area contributed by atoms with E-state index >= 15 is 0 Å². The quantitative estimate of drug-likeness (QED) is 0.652. The molecular weight excluding hydrogens is 217 g/mol. The molecule has 0 saturated heterocycles. The van der Waals surface area contributed by atoms with Gasteiger partial charge in [0.25, 0.3) is 0 Å². The molecule has 0 aromatic rings. The molecule has 1 atom stereocenters. The van der Waals surface area contributed by atoms with E-state index in [2.05, 4.69) is 0 Å². The second kappa shape index (κ2) is 4.23. The topological polar surface area (TPSA) is 63.3 Å². The number of rotatable bonds is 4. The van der Waals surface area contributed by atoms with Gasteiger partial charge in [-0.3, -0.25) is 0 Å². The van der Waals surface area contributed by atoms with E-state index in [1.54, 1.807) is 18.7 Å². The average molecular weight is 228 g/mol. The molecule has 0 spiro atoms. The van der Waals surface area contributed by atoms with Gasteiger partial charge in [0.1, 0.15) is 0 Å². The van der Waals surface area contributed by atoms with E-state index in [4.69, 9.17) is 10.8 Å². The first-order chi connectivity index (χ1) is 4.50. The molecule has 0 bridgehead atoms. The number of carboxylic acids is 1. The van der Waals surface area contributed by atoms with Crippen molar-refractivity contribution in [2.75, 3.05) is 10.9 Å². The first-order valence-electron chi connectivity index (χ1n) is 2.66. The summed E-state index contributed by atoms with van der Waals surface area (Å²) >= 11 is 1.61. The summed E-state index contributed by atoms with van der Waals surface area (Å²) in [6.07, 6.45) is 1.94. The molecule has 5 heteroatoms. The molecular formula is C5H11NO2SSe. The van der Waals surface area contributed by atoms with E-state index < -0.39 is 10.4 Å². The minimum absolute atomic E-state index is 0.0156. The Morgan fingerprint density at radius 3 is 2.70 bits per heavy atom. The van der Waals surface area contributed by atoms with Gasteiger partial charge in [-0.2, -0.15) is 0 Å². The third-order valence-corrected chi connectivity index (χ3v) is 5.10. The van der Waals surface area contributed by atoms with E-state index in [0.717, 1.165) is 4.65 Å². The Hall–Kier alpha value is 0.299. The second-order valence-corrected chi connectivity index (χ2v) is 6.64. The third-order valence-electron chi connectivity index (χ3n) is 0.901. The van der Waals surface area contributed by atoms with Gasteiger partial charge in [0.05, 0.1) is 0 Å². The average Bonchev–Trinajstić information content (AvgIpc) is 1.84. The SMILES string of the molecule is CSC[Se][C@](C)(N)C(=O)O. The van der Waals surface area contributed by atoms with Gasteiger partial charge in [0.15, 0.2) is 0 Å². The van der Waals surface area contributed by atoms with Crippen molar-refractivity contribution in [3.05, 3.63) is 0 Å². The third kappa shape index (κ3) is 3.46. The van der Waals surface area contributed by atoms with Crippen molar-refractivity contribution in [1.29, 1.82) is 0 Å². The normalized spacial score (nSPS) is 16.3. The fraction of sp³-hybridized carbons (Fsp3) is 0.800. The zero-order chi connectivity index (χ0) is 8.20. The van der Waals surface area contributed by atoms with Gasteiger partial charge < -0.3 is 0 Å². The molecule has 0 aliphatic carbocycles. The molecule has 0 heterocycles. The summed E-state index contributed by atoms with van der Waals surface area (Å²) in [7, 11) is 0. The summed E-state index contributed by atoms with van der Waals surface area (Å²) in [5.41, 5.74) is 5.46. The summed E-state index contributed by atoms with van der Waals surface area (Å²) in [6, 6.07) is 0. The molecule has 0 unspecified atom stereocenters. The van der Waals surface area contributed by atoms with Gasteiger partial charge in [0.2, 0.25) is 0 Å². The van der Waals surface area contributed by atoms with Crippen LogP contribution in [0.15, 0.2) is 0 Å². The molecule has 3 nitrogen and oxygen atoms in total. The molecule has 0 saturated carbocycles. The molecule has 0 fully saturated rings. The van der Waals surface area contributed by atoms with Crippen LogP contribution in [0.3, 0.4) is 0 Å². The predicted octanol–water partition coefficient (Wildman–Crippen LogP) is -0.229. The van der Waals surface area contributed by atoms with Crippen molar-refractivity contribution in [3.63, 3.8) is 0 Å². The Morgan fingerprint density at radius 1 is 1.90 bits per heavy atom. The van der Waals surface area contributed by atoms with Crippen LogP contribution in [0.2, 0.25) is 0 Å². The van der Waals surface area contributed by atoms with E-state index in [0.29, 0.717) is 0 Å². The van der Waals surface area contributed by atoms with Crippen LogP contribution in [0.1, 0.15) is 6.92 Å². The summed E-state index contributed by atoms with van der Waals surface area (Å²) in [6.45, 7) is 1.56. The van der Waals surface area contributed by atoms with E-state index in [1.807, 2.05) is 6.26 Å². The zero-order valence-corrected chi connectivity index (χ0v) is 8.49. The summed E-state index contributed by atoms with van der Waals surface area (Å²) in [5, 5.41) is 8.55. The number of nitrogens with two attached hydrogens (primary N) is 1. The van der Waals surface area contributed by atoms with Crippen LogP contribution in [0.5, 0.6) is 0 Å². The standard InChI is InChI=1S/C5H11NO2SSe/c1-5(6,4(7)8)10-3-9-2/h3,6H2,1-2H3,(H,7,8)/t5-/m0/s1. The molecule has 10 heavy (non-hydrogen) atoms. The maximum absolute atomic E-state index is 10.4. The molecule has 0 aliphatic rings. The zero-order valence-electron chi connectivity index (χ0n) is 5.96. The van der Waals surface area contributed by atoms with Gasteiger partial charge in [0, 0.05) is 0 Å². The van der Waals surface area contributed by atoms with E-state index in [1.165, 1.54) is 0 Å². The molecule has 3 N–H and O–H groups in total. The summed E-state index contributed by atoms with van der Waals surface area (Å²) < 4.78 is -0.137. The predicted molar refractivity (Wildman–Crippen MR) is 44.4 cm³/mol. The van der Waals surface area contributed by atoms with Crippen LogP contribution >= 0.6 is 11.8 Å². The number of hydrogen-bond donors (Lipinski definition) is 2. The van der Waals surface area contributed by atoms with Crippen molar-refractivity contribution in [1.82, 2.24) is 0 Å². The molecule has 0 aromatic heterocycles. The number of hydrogen-bond acceptors (Lipinski definition) is 3. The molecule has 60 valence electrons. The van der Waals surface area contributed by atoms with Gasteiger partial charge in [-0.05, 0) is 0 Å². The Balaban J connectivity index is 3.75. The fourth-order valence-electron chi connectivity index (χ4n) is 0.243. The number of aliphatic carboxylic acids is 1. The van der Waals surface area contributed by atoms with Crippen molar-refractivity contribution in [2.24, 2.45) is 5.73 Å². The maximum atomic E-state index is 10.4. The van der Waals surface area contributed by atoms with Crippen LogP contribution in [-0.4, -0.2) is 41.4 Å². The summed E-state index contributed by atoms with van der Waals surface area (Å²) in [4.78, 5) is 10.4. The van der Waals surface area contributed by atoms with Crippen LogP contribution < -0.4 is 5.73 Å². The van der Waals surface area contributed by atoms with Crippen LogP contribution in [0.25, 0.3) is 0 Å². The Morgan fingerprint density at radius 2 is 2.40 bits per heavy atom. The molecule has 0 rings (SSSR count). The monoisotopic (exact) mass is 229 g/mol. The van der Waals surface area contributed by atoms with Gasteiger partial charge >= 0.3 is 70.6 Å². The minimum atomic E-state index is -0.990. The van der Waals surface area contributed by atoms with Gasteiger partial charge in [-0.15, -0.1) is 0 Å². The van der Waals surface area contributed by atoms with Gasteiger partial charge in [-0.1, -0.05) is 0 Å². The molecule has 0 aromatic carbocycles. The fourth-order valence-corrected chi connectivity index (χ4v) is 3.15. The molecule has 0 amide bonds. The van der Waals surface area contributed by atoms with Crippen molar-refractivity contribution in [2.45, 2.75) is 11.4 Å². The number of carbonyl (C=O) groups is 1. The van der Waals surface area contributed by atoms with Crippen LogP contribution in [0, 0.1) is 0 Å². The second-order valence-electron chi connectivity index (χ2n) is 1.96. The molecule has 0 radical (unpaired) electrons. The Bertz CT molecular complexity index is 129. The molecule has 0 aliphatic heterocycles. The Kier molecular flexibility index (Phi) is 4.36. The van der Waals surface area contributed by atoms with Crippen LogP contribution in [0.4, 0.5) is 0 Å². The number of carboxylic acid groups (broad SMARTS) is 1. The van der Waals surface area contributed by atoms with Crippen molar-refractivity contribution < 1.29 is 9.90 Å². The van der Waals surface area contributed by atoms with Crippen molar-refractivity contribution in [3.8, 4) is 0 Å². The van der Waals surface area contributed by atoms with E-state index in [9.17, 15) is 4.79 Å². The van der Waals surface area contributed by atoms with E-state index in [-0.39, 0.29) is 15.0 Å². The Labute approximate surface area is 70.9 Å². The van der Waals surface area contributed by atoms with Gasteiger partial charge in [-0.25, -0.2) is 0 Å². The van der Waals surface area contributed by atoms with Crippen LogP contribution in [-0.2, 0) is 4.79 Å². The first-order valence-corrected chi connectivity index (χ1v) is 6.12. The summed E-state index contributed by atoms with van der Waals surface area (Å²) in [5.74, 6) is -0.901.